The monoisotopic (exact) mass is 556 g/mol. The number of fused-ring (bicyclic) bond motifs is 1. The molecule has 7 heteroatoms. The van der Waals surface area contributed by atoms with Gasteiger partial charge < -0.3 is 14.0 Å². The number of halogens is 1. The number of hydrogen-bond donors (Lipinski definition) is 0. The van der Waals surface area contributed by atoms with Crippen LogP contribution in [0.5, 0.6) is 0 Å². The van der Waals surface area contributed by atoms with Gasteiger partial charge in [-0.15, -0.1) is 0 Å². The normalized spacial score (nSPS) is 20.2. The quantitative estimate of drug-likeness (QED) is 0.273. The average molecular weight is 557 g/mol. The van der Waals surface area contributed by atoms with Crippen LogP contribution in [0.4, 0.5) is 0 Å². The van der Waals surface area contributed by atoms with Gasteiger partial charge in [-0.25, -0.2) is 4.98 Å². The molecule has 0 radical (unpaired) electrons. The van der Waals surface area contributed by atoms with E-state index in [9.17, 15) is 4.79 Å². The minimum Gasteiger partial charge on any atom is -0.381 e. The Balaban J connectivity index is 1.26. The molecule has 0 spiro atoms. The number of ether oxygens (including phenoxy) is 1. The Kier molecular flexibility index (Phi) is 7.92. The van der Waals surface area contributed by atoms with Crippen LogP contribution in [0.25, 0.3) is 28.0 Å². The third kappa shape index (κ3) is 5.53. The second-order valence-electron chi connectivity index (χ2n) is 11.2. The molecule has 6 rings (SSSR count). The predicted molar refractivity (Wildman–Crippen MR) is 160 cm³/mol. The van der Waals surface area contributed by atoms with Gasteiger partial charge in [0.25, 0.3) is 0 Å². The molecule has 2 aromatic heterocycles. The van der Waals surface area contributed by atoms with E-state index < -0.39 is 0 Å². The molecular weight excluding hydrogens is 520 g/mol. The highest BCUT2D eigenvalue weighted by molar-refractivity contribution is 6.33. The smallest absolute Gasteiger partial charge is 0.225 e. The van der Waals surface area contributed by atoms with Gasteiger partial charge in [0, 0.05) is 68.1 Å². The molecule has 4 aromatic rings. The summed E-state index contributed by atoms with van der Waals surface area (Å²) in [6, 6.07) is 20.7. The molecule has 6 nitrogen and oxygen atoms in total. The fraction of sp³-hybridized carbons (Fsp3) is 0.394. The van der Waals surface area contributed by atoms with Crippen LogP contribution in [-0.4, -0.2) is 64.5 Å². The third-order valence-electron chi connectivity index (χ3n) is 8.59. The Labute approximate surface area is 241 Å². The Morgan fingerprint density at radius 2 is 1.73 bits per heavy atom. The summed E-state index contributed by atoms with van der Waals surface area (Å²) in [5.74, 6) is 0.404. The molecule has 1 aliphatic heterocycles. The van der Waals surface area contributed by atoms with Gasteiger partial charge in [0.15, 0.2) is 0 Å². The number of nitrogens with zero attached hydrogens (tertiary/aromatic N) is 4. The van der Waals surface area contributed by atoms with Gasteiger partial charge in [-0.05, 0) is 49.9 Å². The largest absolute Gasteiger partial charge is 0.381 e. The first-order chi connectivity index (χ1) is 19.5. The van der Waals surface area contributed by atoms with Crippen molar-refractivity contribution < 1.29 is 9.53 Å². The molecule has 1 saturated carbocycles. The van der Waals surface area contributed by atoms with Crippen molar-refractivity contribution in [2.75, 3.05) is 33.3 Å². The summed E-state index contributed by atoms with van der Waals surface area (Å²) in [7, 11) is 1.76. The number of pyridine rings is 1. The van der Waals surface area contributed by atoms with E-state index in [0.29, 0.717) is 5.91 Å². The number of piperazine rings is 1. The summed E-state index contributed by atoms with van der Waals surface area (Å²) < 4.78 is 7.79. The topological polar surface area (TPSA) is 50.1 Å². The lowest BCUT2D eigenvalue weighted by molar-refractivity contribution is -0.140. The van der Waals surface area contributed by atoms with Crippen molar-refractivity contribution in [1.82, 2.24) is 19.2 Å². The van der Waals surface area contributed by atoms with Crippen molar-refractivity contribution in [2.45, 2.75) is 45.3 Å². The van der Waals surface area contributed by atoms with E-state index in [0.717, 1.165) is 97.2 Å². The van der Waals surface area contributed by atoms with E-state index >= 15 is 0 Å². The van der Waals surface area contributed by atoms with E-state index in [1.54, 1.807) is 7.11 Å². The highest BCUT2D eigenvalue weighted by Gasteiger charge is 2.32. The number of imidazole rings is 1. The number of benzene rings is 2. The Morgan fingerprint density at radius 3 is 2.48 bits per heavy atom. The van der Waals surface area contributed by atoms with Crippen LogP contribution in [0.3, 0.4) is 0 Å². The standard InChI is InChI=1S/C33H37ClN4O2/c1-23-10-12-24(13-11-23)32-30(38-21-26(14-15-31(38)35-32)28-8-3-4-9-29(28)34)22-36-16-18-37(19-17-36)33(39)25-6-5-7-27(20-25)40-2/h3-4,8-15,21,25,27H,5-7,16-20,22H2,1-2H3/t25-,27-/m0/s1. The Bertz CT molecular complexity index is 1490. The fourth-order valence-corrected chi connectivity index (χ4v) is 6.47. The van der Waals surface area contributed by atoms with Crippen molar-refractivity contribution in [3.8, 4) is 22.4 Å². The van der Waals surface area contributed by atoms with Crippen molar-refractivity contribution in [3.05, 3.63) is 83.1 Å². The lowest BCUT2D eigenvalue weighted by Crippen LogP contribution is -2.50. The molecule has 2 aromatic carbocycles. The van der Waals surface area contributed by atoms with Gasteiger partial charge in [0.2, 0.25) is 5.91 Å². The molecule has 208 valence electrons. The number of rotatable bonds is 6. The van der Waals surface area contributed by atoms with Gasteiger partial charge in [-0.3, -0.25) is 9.69 Å². The van der Waals surface area contributed by atoms with Crippen LogP contribution in [0.1, 0.15) is 36.9 Å². The van der Waals surface area contributed by atoms with Crippen LogP contribution in [0.15, 0.2) is 66.9 Å². The first-order valence-electron chi connectivity index (χ1n) is 14.4. The van der Waals surface area contributed by atoms with Gasteiger partial charge >= 0.3 is 0 Å². The number of hydrogen-bond acceptors (Lipinski definition) is 4. The third-order valence-corrected chi connectivity index (χ3v) is 8.92. The van der Waals surface area contributed by atoms with E-state index in [1.165, 1.54) is 5.56 Å². The SMILES string of the molecule is CO[C@H]1CCC[C@H](C(=O)N2CCN(Cc3c(-c4ccc(C)cc4)nc4ccc(-c5ccccc5Cl)cn34)CC2)C1. The van der Waals surface area contributed by atoms with Gasteiger partial charge in [0.1, 0.15) is 5.65 Å². The second kappa shape index (κ2) is 11.7. The maximum absolute atomic E-state index is 13.3. The van der Waals surface area contributed by atoms with E-state index in [2.05, 4.69) is 69.8 Å². The molecule has 0 bridgehead atoms. The van der Waals surface area contributed by atoms with Crippen LogP contribution in [0.2, 0.25) is 5.02 Å². The Hall–Kier alpha value is -3.19. The molecule has 1 amide bonds. The zero-order valence-corrected chi connectivity index (χ0v) is 24.1. The average Bonchev–Trinajstić information content (AvgIpc) is 3.35. The number of carbonyl (C=O) groups is 1. The number of aryl methyl sites for hydroxylation is 1. The number of methoxy groups -OCH3 is 1. The first-order valence-corrected chi connectivity index (χ1v) is 14.7. The van der Waals surface area contributed by atoms with Crippen molar-refractivity contribution >= 4 is 23.2 Å². The zero-order chi connectivity index (χ0) is 27.6. The second-order valence-corrected chi connectivity index (χ2v) is 11.6. The summed E-state index contributed by atoms with van der Waals surface area (Å²) in [4.78, 5) is 22.9. The van der Waals surface area contributed by atoms with Crippen molar-refractivity contribution in [2.24, 2.45) is 5.92 Å². The molecule has 40 heavy (non-hydrogen) atoms. The molecule has 1 saturated heterocycles. The molecule has 2 aliphatic rings. The Morgan fingerprint density at radius 1 is 0.975 bits per heavy atom. The van der Waals surface area contributed by atoms with Crippen molar-refractivity contribution in [3.63, 3.8) is 0 Å². The van der Waals surface area contributed by atoms with Gasteiger partial charge in [-0.1, -0.05) is 66.0 Å². The molecular formula is C33H37ClN4O2. The van der Waals surface area contributed by atoms with Crippen LogP contribution >= 0.6 is 11.6 Å². The van der Waals surface area contributed by atoms with E-state index in [1.807, 2.05) is 18.2 Å². The zero-order valence-electron chi connectivity index (χ0n) is 23.4. The number of carbonyl (C=O) groups excluding carboxylic acids is 1. The lowest BCUT2D eigenvalue weighted by Gasteiger charge is -2.38. The molecule has 3 heterocycles. The maximum atomic E-state index is 13.3. The molecule has 2 fully saturated rings. The van der Waals surface area contributed by atoms with Gasteiger partial charge in [-0.2, -0.15) is 0 Å². The summed E-state index contributed by atoms with van der Waals surface area (Å²) in [6.07, 6.45) is 6.34. The van der Waals surface area contributed by atoms with Crippen LogP contribution in [0, 0.1) is 12.8 Å². The van der Waals surface area contributed by atoms with E-state index in [-0.39, 0.29) is 12.0 Å². The summed E-state index contributed by atoms with van der Waals surface area (Å²) in [5.41, 5.74) is 7.48. The molecule has 1 aliphatic carbocycles. The first kappa shape index (κ1) is 27.0. The minimum absolute atomic E-state index is 0.0976. The predicted octanol–water partition coefficient (Wildman–Crippen LogP) is 6.48. The van der Waals surface area contributed by atoms with Crippen molar-refractivity contribution in [1.29, 1.82) is 0 Å². The summed E-state index contributed by atoms with van der Waals surface area (Å²) in [5, 5.41) is 0.734. The van der Waals surface area contributed by atoms with E-state index in [4.69, 9.17) is 21.3 Å². The van der Waals surface area contributed by atoms with Crippen LogP contribution < -0.4 is 0 Å². The molecule has 0 N–H and O–H groups in total. The maximum Gasteiger partial charge on any atom is 0.225 e. The minimum atomic E-state index is 0.0976. The fourth-order valence-electron chi connectivity index (χ4n) is 6.22. The number of amides is 1. The lowest BCUT2D eigenvalue weighted by atomic mass is 9.86. The highest BCUT2D eigenvalue weighted by Crippen LogP contribution is 2.32. The molecule has 2 atom stereocenters. The summed E-state index contributed by atoms with van der Waals surface area (Å²) in [6.45, 7) is 6.07. The number of aromatic nitrogens is 2. The summed E-state index contributed by atoms with van der Waals surface area (Å²) >= 11 is 6.56. The highest BCUT2D eigenvalue weighted by atomic mass is 35.5. The molecule has 0 unspecified atom stereocenters. The van der Waals surface area contributed by atoms with Gasteiger partial charge in [0.05, 0.1) is 17.5 Å². The van der Waals surface area contributed by atoms with Crippen LogP contribution in [-0.2, 0) is 16.1 Å².